The molecule has 0 aliphatic heterocycles. The lowest BCUT2D eigenvalue weighted by molar-refractivity contribution is 0.0734. The van der Waals surface area contributed by atoms with E-state index in [4.69, 9.17) is 4.42 Å². The van der Waals surface area contributed by atoms with Gasteiger partial charge in [0.05, 0.1) is 17.6 Å². The topological polar surface area (TPSA) is 33.4 Å². The molecule has 0 aromatic carbocycles. The van der Waals surface area contributed by atoms with Gasteiger partial charge in [-0.1, -0.05) is 0 Å². The van der Waals surface area contributed by atoms with E-state index in [9.17, 15) is 5.11 Å². The maximum atomic E-state index is 10.1. The van der Waals surface area contributed by atoms with E-state index in [-0.39, 0.29) is 0 Å². The first kappa shape index (κ1) is 11.1. The molecular weight excluding hydrogens is 208 g/mol. The Morgan fingerprint density at radius 2 is 2.47 bits per heavy atom. The minimum atomic E-state index is -0.481. The van der Waals surface area contributed by atoms with Gasteiger partial charge in [-0.15, -0.1) is 11.8 Å². The fourth-order valence-corrected chi connectivity index (χ4v) is 3.57. The smallest absolute Gasteiger partial charge is 0.116 e. The van der Waals surface area contributed by atoms with Crippen LogP contribution in [-0.2, 0) is 5.75 Å². The number of aliphatic hydroxyl groups is 1. The highest BCUT2D eigenvalue weighted by atomic mass is 32.2. The summed E-state index contributed by atoms with van der Waals surface area (Å²) in [5.41, 5.74) is 0.727. The van der Waals surface area contributed by atoms with Gasteiger partial charge in [-0.05, 0) is 44.7 Å². The minimum Gasteiger partial charge on any atom is -0.468 e. The van der Waals surface area contributed by atoms with Gasteiger partial charge in [0.1, 0.15) is 5.76 Å². The lowest BCUT2D eigenvalue weighted by atomic mass is 10.1. The van der Waals surface area contributed by atoms with E-state index in [1.165, 1.54) is 5.56 Å². The first-order valence-electron chi connectivity index (χ1n) is 5.46. The Morgan fingerprint density at radius 3 is 3.00 bits per heavy atom. The van der Waals surface area contributed by atoms with E-state index in [1.54, 1.807) is 6.26 Å². The Kier molecular flexibility index (Phi) is 3.12. The molecule has 1 N–H and O–H groups in total. The van der Waals surface area contributed by atoms with Gasteiger partial charge < -0.3 is 9.52 Å². The molecule has 1 aromatic heterocycles. The zero-order valence-corrected chi connectivity index (χ0v) is 10.1. The van der Waals surface area contributed by atoms with Crippen molar-refractivity contribution in [2.24, 2.45) is 0 Å². The Morgan fingerprint density at radius 1 is 1.67 bits per heavy atom. The van der Waals surface area contributed by atoms with E-state index >= 15 is 0 Å². The van der Waals surface area contributed by atoms with Crippen molar-refractivity contribution in [1.82, 2.24) is 0 Å². The fourth-order valence-electron chi connectivity index (χ4n) is 2.11. The van der Waals surface area contributed by atoms with Crippen LogP contribution in [0, 0.1) is 6.92 Å². The van der Waals surface area contributed by atoms with Crippen molar-refractivity contribution in [3.63, 3.8) is 0 Å². The van der Waals surface area contributed by atoms with Gasteiger partial charge in [0, 0.05) is 5.25 Å². The third kappa shape index (κ3) is 2.40. The SMILES string of the molecule is Cc1ccoc1CSC1CCCC1(C)O. The van der Waals surface area contributed by atoms with E-state index in [0.717, 1.165) is 30.8 Å². The molecule has 0 saturated heterocycles. The molecule has 0 radical (unpaired) electrons. The molecular formula is C12H18O2S. The predicted molar refractivity (Wildman–Crippen MR) is 63.0 cm³/mol. The van der Waals surface area contributed by atoms with Crippen LogP contribution in [-0.4, -0.2) is 16.0 Å². The third-order valence-corrected chi connectivity index (χ3v) is 4.80. The van der Waals surface area contributed by atoms with Gasteiger partial charge in [-0.3, -0.25) is 0 Å². The van der Waals surface area contributed by atoms with Crippen molar-refractivity contribution < 1.29 is 9.52 Å². The predicted octanol–water partition coefficient (Wildman–Crippen LogP) is 3.12. The molecule has 0 spiro atoms. The quantitative estimate of drug-likeness (QED) is 0.859. The summed E-state index contributed by atoms with van der Waals surface area (Å²) in [5, 5.41) is 10.5. The van der Waals surface area contributed by atoms with E-state index in [0.29, 0.717) is 5.25 Å². The molecule has 1 aliphatic carbocycles. The number of hydrogen-bond acceptors (Lipinski definition) is 3. The third-order valence-electron chi connectivity index (χ3n) is 3.23. The second-order valence-electron chi connectivity index (χ2n) is 4.58. The molecule has 1 heterocycles. The summed E-state index contributed by atoms with van der Waals surface area (Å²) in [6, 6.07) is 1.99. The second-order valence-corrected chi connectivity index (χ2v) is 5.77. The molecule has 1 saturated carbocycles. The summed E-state index contributed by atoms with van der Waals surface area (Å²) >= 11 is 1.82. The summed E-state index contributed by atoms with van der Waals surface area (Å²) in [6.45, 7) is 4.01. The van der Waals surface area contributed by atoms with Crippen LogP contribution in [0.5, 0.6) is 0 Å². The fraction of sp³-hybridized carbons (Fsp3) is 0.667. The summed E-state index contributed by atoms with van der Waals surface area (Å²) < 4.78 is 5.39. The molecule has 1 fully saturated rings. The maximum Gasteiger partial charge on any atom is 0.116 e. The van der Waals surface area contributed by atoms with Gasteiger partial charge in [0.25, 0.3) is 0 Å². The summed E-state index contributed by atoms with van der Waals surface area (Å²) in [7, 11) is 0. The van der Waals surface area contributed by atoms with E-state index in [2.05, 4.69) is 6.92 Å². The second kappa shape index (κ2) is 4.22. The summed E-state index contributed by atoms with van der Waals surface area (Å²) in [6.07, 6.45) is 4.93. The van der Waals surface area contributed by atoms with Crippen LogP contribution in [0.15, 0.2) is 16.7 Å². The van der Waals surface area contributed by atoms with Crippen molar-refractivity contribution in [2.45, 2.75) is 49.7 Å². The van der Waals surface area contributed by atoms with Gasteiger partial charge in [-0.2, -0.15) is 0 Å². The minimum absolute atomic E-state index is 0.363. The lowest BCUT2D eigenvalue weighted by Gasteiger charge is -2.24. The Labute approximate surface area is 95.1 Å². The molecule has 1 aliphatic rings. The number of furan rings is 1. The molecule has 15 heavy (non-hydrogen) atoms. The lowest BCUT2D eigenvalue weighted by Crippen LogP contribution is -2.31. The Balaban J connectivity index is 1.91. The molecule has 84 valence electrons. The molecule has 3 heteroatoms. The monoisotopic (exact) mass is 226 g/mol. The van der Waals surface area contributed by atoms with Crippen LogP contribution in [0.1, 0.15) is 37.5 Å². The summed E-state index contributed by atoms with van der Waals surface area (Å²) in [4.78, 5) is 0. The van der Waals surface area contributed by atoms with Crippen molar-refractivity contribution in [1.29, 1.82) is 0 Å². The Bertz CT molecular complexity index is 330. The van der Waals surface area contributed by atoms with Gasteiger partial charge in [0.15, 0.2) is 0 Å². The highest BCUT2D eigenvalue weighted by Gasteiger charge is 2.36. The maximum absolute atomic E-state index is 10.1. The zero-order chi connectivity index (χ0) is 10.9. The number of hydrogen-bond donors (Lipinski definition) is 1. The van der Waals surface area contributed by atoms with Gasteiger partial charge >= 0.3 is 0 Å². The first-order valence-corrected chi connectivity index (χ1v) is 6.51. The molecule has 0 amide bonds. The van der Waals surface area contributed by atoms with Crippen LogP contribution in [0.25, 0.3) is 0 Å². The highest BCUT2D eigenvalue weighted by Crippen LogP contribution is 2.39. The first-order chi connectivity index (χ1) is 7.09. The molecule has 2 atom stereocenters. The van der Waals surface area contributed by atoms with Crippen molar-refractivity contribution in [3.05, 3.63) is 23.7 Å². The summed E-state index contributed by atoms with van der Waals surface area (Å²) in [5.74, 6) is 1.92. The van der Waals surface area contributed by atoms with Crippen molar-refractivity contribution >= 4 is 11.8 Å². The van der Waals surface area contributed by atoms with E-state index in [1.807, 2.05) is 24.8 Å². The standard InChI is InChI=1S/C12H18O2S/c1-9-5-7-14-10(9)8-15-11-4-3-6-12(11,2)13/h5,7,11,13H,3-4,6,8H2,1-2H3. The van der Waals surface area contributed by atoms with Crippen LogP contribution in [0.2, 0.25) is 0 Å². The van der Waals surface area contributed by atoms with Crippen molar-refractivity contribution in [2.75, 3.05) is 0 Å². The zero-order valence-electron chi connectivity index (χ0n) is 9.32. The molecule has 2 nitrogen and oxygen atoms in total. The average Bonchev–Trinajstić information content (AvgIpc) is 2.69. The van der Waals surface area contributed by atoms with E-state index < -0.39 is 5.60 Å². The number of aryl methyl sites for hydroxylation is 1. The highest BCUT2D eigenvalue weighted by molar-refractivity contribution is 7.99. The van der Waals surface area contributed by atoms with Crippen LogP contribution < -0.4 is 0 Å². The molecule has 2 unspecified atom stereocenters. The number of rotatable bonds is 3. The Hall–Kier alpha value is -0.410. The normalized spacial score (nSPS) is 31.0. The van der Waals surface area contributed by atoms with Crippen LogP contribution >= 0.6 is 11.8 Å². The molecule has 1 aromatic rings. The van der Waals surface area contributed by atoms with Crippen molar-refractivity contribution in [3.8, 4) is 0 Å². The molecule has 2 rings (SSSR count). The molecule has 0 bridgehead atoms. The van der Waals surface area contributed by atoms with Gasteiger partial charge in [0.2, 0.25) is 0 Å². The largest absolute Gasteiger partial charge is 0.468 e. The van der Waals surface area contributed by atoms with Crippen LogP contribution in [0.3, 0.4) is 0 Å². The van der Waals surface area contributed by atoms with Crippen LogP contribution in [0.4, 0.5) is 0 Å². The average molecular weight is 226 g/mol. The van der Waals surface area contributed by atoms with Gasteiger partial charge in [-0.25, -0.2) is 0 Å². The number of thioether (sulfide) groups is 1.